The van der Waals surface area contributed by atoms with Crippen molar-refractivity contribution in [3.8, 4) is 0 Å². The maximum absolute atomic E-state index is 12.4. The van der Waals surface area contributed by atoms with Gasteiger partial charge in [0.05, 0.1) is 15.7 Å². The fourth-order valence-corrected chi connectivity index (χ4v) is 4.41. The first-order chi connectivity index (χ1) is 8.81. The zero-order valence-corrected chi connectivity index (χ0v) is 13.5. The minimum Gasteiger partial charge on any atom is -0.397 e. The normalized spacial score (nSPS) is 11.5. The van der Waals surface area contributed by atoms with Crippen LogP contribution in [0.25, 0.3) is 0 Å². The summed E-state index contributed by atoms with van der Waals surface area (Å²) in [6.45, 7) is 3.48. The molecule has 0 amide bonds. The van der Waals surface area contributed by atoms with E-state index in [4.69, 9.17) is 5.73 Å². The molecule has 0 spiro atoms. The van der Waals surface area contributed by atoms with Gasteiger partial charge in [-0.25, -0.2) is 13.4 Å². The molecule has 0 unspecified atom stereocenters. The van der Waals surface area contributed by atoms with Crippen molar-refractivity contribution in [1.82, 2.24) is 4.98 Å². The SMILES string of the molecule is Cc1ccc(C)c(S(=O)(=O)Nc2ncc(Br)s2)c1N. The number of benzene rings is 1. The summed E-state index contributed by atoms with van der Waals surface area (Å²) in [5, 5.41) is 0.298. The van der Waals surface area contributed by atoms with E-state index < -0.39 is 10.0 Å². The van der Waals surface area contributed by atoms with Gasteiger partial charge >= 0.3 is 0 Å². The molecule has 0 aliphatic heterocycles. The van der Waals surface area contributed by atoms with Gasteiger partial charge in [0.25, 0.3) is 10.0 Å². The molecule has 8 heteroatoms. The molecule has 0 saturated carbocycles. The number of hydrogen-bond donors (Lipinski definition) is 2. The third-order valence-electron chi connectivity index (χ3n) is 2.58. The molecule has 2 aromatic rings. The van der Waals surface area contributed by atoms with Crippen molar-refractivity contribution in [1.29, 1.82) is 0 Å². The van der Waals surface area contributed by atoms with Crippen LogP contribution in [-0.4, -0.2) is 13.4 Å². The van der Waals surface area contributed by atoms with Crippen LogP contribution in [0.15, 0.2) is 27.0 Å². The zero-order chi connectivity index (χ0) is 14.2. The number of aryl methyl sites for hydroxylation is 2. The summed E-state index contributed by atoms with van der Waals surface area (Å²) in [7, 11) is -3.73. The van der Waals surface area contributed by atoms with E-state index in [9.17, 15) is 8.42 Å². The average Bonchev–Trinajstić information content (AvgIpc) is 2.68. The number of nitrogens with two attached hydrogens (primary N) is 1. The van der Waals surface area contributed by atoms with E-state index in [1.807, 2.05) is 0 Å². The topological polar surface area (TPSA) is 85.1 Å². The van der Waals surface area contributed by atoms with E-state index in [1.165, 1.54) is 17.5 Å². The lowest BCUT2D eigenvalue weighted by Crippen LogP contribution is -2.16. The Morgan fingerprint density at radius 2 is 1.95 bits per heavy atom. The first-order valence-electron chi connectivity index (χ1n) is 5.31. The quantitative estimate of drug-likeness (QED) is 0.823. The summed E-state index contributed by atoms with van der Waals surface area (Å²) in [5.41, 5.74) is 7.48. The Balaban J connectivity index is 2.48. The van der Waals surface area contributed by atoms with Gasteiger partial charge in [0.15, 0.2) is 5.13 Å². The fourth-order valence-electron chi connectivity index (χ4n) is 1.63. The molecule has 19 heavy (non-hydrogen) atoms. The Hall–Kier alpha value is -1.12. The number of sulfonamides is 1. The first-order valence-corrected chi connectivity index (χ1v) is 8.40. The van der Waals surface area contributed by atoms with Gasteiger partial charge in [0.1, 0.15) is 4.90 Å². The second-order valence-corrected chi connectivity index (χ2v) is 8.05. The second kappa shape index (κ2) is 5.10. The molecule has 5 nitrogen and oxygen atoms in total. The van der Waals surface area contributed by atoms with Gasteiger partial charge < -0.3 is 5.73 Å². The van der Waals surface area contributed by atoms with Gasteiger partial charge in [0.2, 0.25) is 0 Å². The number of anilines is 2. The van der Waals surface area contributed by atoms with E-state index >= 15 is 0 Å². The lowest BCUT2D eigenvalue weighted by Gasteiger charge is -2.12. The molecule has 0 atom stereocenters. The highest BCUT2D eigenvalue weighted by atomic mass is 79.9. The molecule has 0 saturated heterocycles. The van der Waals surface area contributed by atoms with Crippen LogP contribution in [0.3, 0.4) is 0 Å². The van der Waals surface area contributed by atoms with Crippen molar-refractivity contribution in [2.75, 3.05) is 10.5 Å². The van der Waals surface area contributed by atoms with Crippen molar-refractivity contribution in [3.63, 3.8) is 0 Å². The number of nitrogen functional groups attached to an aromatic ring is 1. The van der Waals surface area contributed by atoms with Crippen molar-refractivity contribution < 1.29 is 8.42 Å². The van der Waals surface area contributed by atoms with Crippen molar-refractivity contribution in [2.45, 2.75) is 18.7 Å². The highest BCUT2D eigenvalue weighted by molar-refractivity contribution is 9.11. The molecule has 0 bridgehead atoms. The lowest BCUT2D eigenvalue weighted by atomic mass is 10.1. The number of thiazole rings is 1. The van der Waals surface area contributed by atoms with Crippen molar-refractivity contribution >= 4 is 48.1 Å². The van der Waals surface area contributed by atoms with Crippen LogP contribution in [0.2, 0.25) is 0 Å². The molecule has 0 fully saturated rings. The Labute approximate surface area is 124 Å². The molecular weight excluding hydrogens is 350 g/mol. The number of rotatable bonds is 3. The maximum atomic E-state index is 12.4. The fraction of sp³-hybridized carbons (Fsp3) is 0.182. The summed E-state index contributed by atoms with van der Waals surface area (Å²) in [5.74, 6) is 0. The smallest absolute Gasteiger partial charge is 0.265 e. The standard InChI is InChI=1S/C11H12BrN3O2S2/c1-6-3-4-7(2)10(9(6)13)19(16,17)15-11-14-5-8(12)18-11/h3-5H,13H2,1-2H3,(H,14,15). The summed E-state index contributed by atoms with van der Waals surface area (Å²) in [6, 6.07) is 3.53. The molecule has 2 rings (SSSR count). The van der Waals surface area contributed by atoms with E-state index in [-0.39, 0.29) is 10.6 Å². The Bertz CT molecular complexity index is 726. The minimum atomic E-state index is -3.73. The molecular formula is C11H12BrN3O2S2. The van der Waals surface area contributed by atoms with Gasteiger partial charge in [-0.05, 0) is 40.9 Å². The Morgan fingerprint density at radius 1 is 1.32 bits per heavy atom. The number of nitrogens with one attached hydrogen (secondary N) is 1. The largest absolute Gasteiger partial charge is 0.397 e. The van der Waals surface area contributed by atoms with Gasteiger partial charge in [-0.3, -0.25) is 4.72 Å². The Kier molecular flexibility index (Phi) is 3.84. The Morgan fingerprint density at radius 3 is 2.53 bits per heavy atom. The predicted octanol–water partition coefficient (Wildman–Crippen LogP) is 2.91. The molecule has 0 aliphatic rings. The highest BCUT2D eigenvalue weighted by Gasteiger charge is 2.22. The minimum absolute atomic E-state index is 0.110. The van der Waals surface area contributed by atoms with E-state index in [1.54, 1.807) is 26.0 Å². The molecule has 1 aromatic heterocycles. The molecule has 0 aliphatic carbocycles. The van der Waals surface area contributed by atoms with Crippen LogP contribution in [-0.2, 0) is 10.0 Å². The summed E-state index contributed by atoms with van der Waals surface area (Å²) in [4.78, 5) is 4.06. The predicted molar refractivity (Wildman–Crippen MR) is 81.0 cm³/mol. The van der Waals surface area contributed by atoms with Crippen LogP contribution in [0.4, 0.5) is 10.8 Å². The van der Waals surface area contributed by atoms with Crippen LogP contribution in [0.5, 0.6) is 0 Å². The van der Waals surface area contributed by atoms with Crippen LogP contribution in [0, 0.1) is 13.8 Å². The molecule has 1 heterocycles. The number of halogens is 1. The van der Waals surface area contributed by atoms with Crippen LogP contribution in [0.1, 0.15) is 11.1 Å². The maximum Gasteiger partial charge on any atom is 0.265 e. The van der Waals surface area contributed by atoms with Crippen LogP contribution < -0.4 is 10.5 Å². The monoisotopic (exact) mass is 361 g/mol. The number of aromatic nitrogens is 1. The third kappa shape index (κ3) is 2.90. The summed E-state index contributed by atoms with van der Waals surface area (Å²) < 4.78 is 27.9. The molecule has 3 N–H and O–H groups in total. The second-order valence-electron chi connectivity index (χ2n) is 4.02. The van der Waals surface area contributed by atoms with Gasteiger partial charge in [-0.1, -0.05) is 23.5 Å². The average molecular weight is 362 g/mol. The van der Waals surface area contributed by atoms with E-state index in [0.29, 0.717) is 10.7 Å². The summed E-state index contributed by atoms with van der Waals surface area (Å²) in [6.07, 6.45) is 1.54. The van der Waals surface area contributed by atoms with Crippen molar-refractivity contribution in [2.24, 2.45) is 0 Å². The van der Waals surface area contributed by atoms with Gasteiger partial charge in [-0.15, -0.1) is 0 Å². The van der Waals surface area contributed by atoms with Crippen molar-refractivity contribution in [3.05, 3.63) is 33.2 Å². The number of hydrogen-bond acceptors (Lipinski definition) is 5. The first kappa shape index (κ1) is 14.3. The highest BCUT2D eigenvalue weighted by Crippen LogP contribution is 2.30. The zero-order valence-electron chi connectivity index (χ0n) is 10.3. The van der Waals surface area contributed by atoms with Gasteiger partial charge in [-0.2, -0.15) is 0 Å². The number of nitrogens with zero attached hydrogens (tertiary/aromatic N) is 1. The lowest BCUT2D eigenvalue weighted by molar-refractivity contribution is 0.601. The van der Waals surface area contributed by atoms with Gasteiger partial charge in [0, 0.05) is 0 Å². The van der Waals surface area contributed by atoms with Crippen LogP contribution >= 0.6 is 27.3 Å². The van der Waals surface area contributed by atoms with E-state index in [2.05, 4.69) is 25.6 Å². The molecule has 0 radical (unpaired) electrons. The third-order valence-corrected chi connectivity index (χ3v) is 5.64. The summed E-state index contributed by atoms with van der Waals surface area (Å²) >= 11 is 4.43. The molecule has 102 valence electrons. The van der Waals surface area contributed by atoms with E-state index in [0.717, 1.165) is 9.35 Å². The molecule has 1 aromatic carbocycles.